The average molecular weight is 316 g/mol. The molecule has 0 radical (unpaired) electrons. The van der Waals surface area contributed by atoms with E-state index in [1.807, 2.05) is 36.3 Å². The number of rotatable bonds is 7. The summed E-state index contributed by atoms with van der Waals surface area (Å²) in [6.07, 6.45) is 7.94. The number of anilines is 1. The minimum absolute atomic E-state index is 0.187. The molecule has 0 unspecified atom stereocenters. The maximum atomic E-state index is 6.07. The highest BCUT2D eigenvalue weighted by atomic mass is 16.5. The van der Waals surface area contributed by atoms with Crippen LogP contribution >= 0.6 is 0 Å². The molecule has 0 N–H and O–H groups in total. The van der Waals surface area contributed by atoms with Crippen LogP contribution in [-0.4, -0.2) is 53.8 Å². The molecule has 3 rings (SSSR count). The van der Waals surface area contributed by atoms with Gasteiger partial charge in [0.15, 0.2) is 0 Å². The number of aryl methyl sites for hydroxylation is 1. The summed E-state index contributed by atoms with van der Waals surface area (Å²) in [5, 5.41) is 4.28. The summed E-state index contributed by atoms with van der Waals surface area (Å²) in [5.74, 6) is 1.01. The van der Waals surface area contributed by atoms with Crippen molar-refractivity contribution >= 4 is 5.82 Å². The third-order valence-electron chi connectivity index (χ3n) is 4.25. The van der Waals surface area contributed by atoms with Gasteiger partial charge in [-0.05, 0) is 30.5 Å². The number of methoxy groups -OCH3 is 1. The molecule has 2 aromatic rings. The minimum Gasteiger partial charge on any atom is -0.382 e. The van der Waals surface area contributed by atoms with Gasteiger partial charge in [0.1, 0.15) is 5.82 Å². The lowest BCUT2D eigenvalue weighted by molar-refractivity contribution is 0.0137. The normalized spacial score (nSPS) is 21.0. The number of ether oxygens (including phenoxy) is 2. The third kappa shape index (κ3) is 3.89. The van der Waals surface area contributed by atoms with Gasteiger partial charge < -0.3 is 14.4 Å². The Kier molecular flexibility index (Phi) is 5.25. The summed E-state index contributed by atoms with van der Waals surface area (Å²) < 4.78 is 13.0. The lowest BCUT2D eigenvalue weighted by atomic mass is 10.0. The van der Waals surface area contributed by atoms with Crippen LogP contribution in [0.1, 0.15) is 12.0 Å². The third-order valence-corrected chi connectivity index (χ3v) is 4.25. The predicted molar refractivity (Wildman–Crippen MR) is 88.5 cm³/mol. The molecule has 6 heteroatoms. The number of hydrogen-bond donors (Lipinski definition) is 0. The van der Waals surface area contributed by atoms with E-state index in [2.05, 4.69) is 27.2 Å². The van der Waals surface area contributed by atoms with Crippen LogP contribution in [0.2, 0.25) is 0 Å². The molecule has 1 saturated heterocycles. The lowest BCUT2D eigenvalue weighted by Crippen LogP contribution is -2.39. The zero-order valence-electron chi connectivity index (χ0n) is 13.8. The van der Waals surface area contributed by atoms with Gasteiger partial charge in [0.2, 0.25) is 0 Å². The zero-order valence-corrected chi connectivity index (χ0v) is 13.8. The van der Waals surface area contributed by atoms with Crippen LogP contribution in [0.15, 0.2) is 36.8 Å². The summed E-state index contributed by atoms with van der Waals surface area (Å²) in [5.41, 5.74) is 1.22. The smallest absolute Gasteiger partial charge is 0.128 e. The van der Waals surface area contributed by atoms with Crippen molar-refractivity contribution in [3.8, 4) is 0 Å². The van der Waals surface area contributed by atoms with Crippen molar-refractivity contribution in [1.29, 1.82) is 0 Å². The highest BCUT2D eigenvalue weighted by Gasteiger charge is 2.35. The van der Waals surface area contributed by atoms with E-state index >= 15 is 0 Å². The maximum Gasteiger partial charge on any atom is 0.128 e. The van der Waals surface area contributed by atoms with Gasteiger partial charge in [-0.2, -0.15) is 5.10 Å². The van der Waals surface area contributed by atoms with E-state index in [1.54, 1.807) is 7.11 Å². The average Bonchev–Trinajstić information content (AvgIpc) is 3.16. The maximum absolute atomic E-state index is 6.07. The SMILES string of the molecule is COCCO[C@@H]1CCN(c2ccccn2)[C@@H]1Cc1cnn(C)c1. The summed E-state index contributed by atoms with van der Waals surface area (Å²) in [6, 6.07) is 6.31. The van der Waals surface area contributed by atoms with Gasteiger partial charge in [0.25, 0.3) is 0 Å². The molecule has 3 heterocycles. The Labute approximate surface area is 137 Å². The molecule has 6 nitrogen and oxygen atoms in total. The molecule has 1 aliphatic heterocycles. The highest BCUT2D eigenvalue weighted by Crippen LogP contribution is 2.28. The Bertz CT molecular complexity index is 602. The quantitative estimate of drug-likeness (QED) is 0.727. The van der Waals surface area contributed by atoms with E-state index in [1.165, 1.54) is 5.56 Å². The molecule has 0 aliphatic carbocycles. The molecule has 0 aromatic carbocycles. The van der Waals surface area contributed by atoms with Crippen LogP contribution in [0.5, 0.6) is 0 Å². The number of pyridine rings is 1. The fourth-order valence-corrected chi connectivity index (χ4v) is 3.17. The number of hydrogen-bond acceptors (Lipinski definition) is 5. The molecule has 1 fully saturated rings. The van der Waals surface area contributed by atoms with Crippen molar-refractivity contribution in [2.45, 2.75) is 25.0 Å². The van der Waals surface area contributed by atoms with Crippen molar-refractivity contribution in [3.63, 3.8) is 0 Å². The Morgan fingerprint density at radius 3 is 2.91 bits per heavy atom. The lowest BCUT2D eigenvalue weighted by Gasteiger charge is -2.28. The second-order valence-corrected chi connectivity index (χ2v) is 5.87. The van der Waals surface area contributed by atoms with Gasteiger partial charge in [0.05, 0.1) is 31.6 Å². The van der Waals surface area contributed by atoms with Gasteiger partial charge in [-0.25, -0.2) is 4.98 Å². The van der Waals surface area contributed by atoms with Gasteiger partial charge in [0, 0.05) is 33.1 Å². The van der Waals surface area contributed by atoms with Gasteiger partial charge in [-0.1, -0.05) is 6.07 Å². The molecule has 2 atom stereocenters. The van der Waals surface area contributed by atoms with Crippen LogP contribution in [-0.2, 0) is 22.9 Å². The van der Waals surface area contributed by atoms with E-state index in [-0.39, 0.29) is 12.1 Å². The predicted octanol–water partition coefficient (Wildman–Crippen LogP) is 1.67. The monoisotopic (exact) mass is 316 g/mol. The Morgan fingerprint density at radius 1 is 1.30 bits per heavy atom. The van der Waals surface area contributed by atoms with E-state index < -0.39 is 0 Å². The van der Waals surface area contributed by atoms with Crippen LogP contribution in [0.3, 0.4) is 0 Å². The van der Waals surface area contributed by atoms with Gasteiger partial charge in [-0.15, -0.1) is 0 Å². The summed E-state index contributed by atoms with van der Waals surface area (Å²) in [6.45, 7) is 2.21. The molecular formula is C17H24N4O2. The molecule has 23 heavy (non-hydrogen) atoms. The fourth-order valence-electron chi connectivity index (χ4n) is 3.17. The second-order valence-electron chi connectivity index (χ2n) is 5.87. The largest absolute Gasteiger partial charge is 0.382 e. The van der Waals surface area contributed by atoms with Crippen LogP contribution in [0.4, 0.5) is 5.82 Å². The molecule has 0 amide bonds. The van der Waals surface area contributed by atoms with Crippen molar-refractivity contribution in [2.75, 3.05) is 31.8 Å². The Balaban J connectivity index is 1.75. The Hall–Kier alpha value is -1.92. The second kappa shape index (κ2) is 7.57. The summed E-state index contributed by atoms with van der Waals surface area (Å²) in [7, 11) is 3.65. The van der Waals surface area contributed by atoms with Gasteiger partial charge in [-0.3, -0.25) is 4.68 Å². The molecule has 2 aromatic heterocycles. The summed E-state index contributed by atoms with van der Waals surface area (Å²) in [4.78, 5) is 6.87. The molecular weight excluding hydrogens is 292 g/mol. The topological polar surface area (TPSA) is 52.4 Å². The first-order chi connectivity index (χ1) is 11.3. The van der Waals surface area contributed by atoms with Crippen molar-refractivity contribution < 1.29 is 9.47 Å². The number of aromatic nitrogens is 3. The molecule has 0 spiro atoms. The standard InChI is InChI=1S/C17H24N4O2/c1-20-13-14(12-19-20)11-15-16(23-10-9-22-2)6-8-21(15)17-5-3-4-7-18-17/h3-5,7,12-13,15-16H,6,8-11H2,1-2H3/t15-,16-/m1/s1. The first kappa shape index (κ1) is 16.0. The molecule has 1 aliphatic rings. The van der Waals surface area contributed by atoms with E-state index in [0.29, 0.717) is 13.2 Å². The molecule has 0 saturated carbocycles. The van der Waals surface area contributed by atoms with Crippen LogP contribution in [0, 0.1) is 0 Å². The Morgan fingerprint density at radius 2 is 2.22 bits per heavy atom. The molecule has 0 bridgehead atoms. The first-order valence-electron chi connectivity index (χ1n) is 8.03. The summed E-state index contributed by atoms with van der Waals surface area (Å²) >= 11 is 0. The first-order valence-corrected chi connectivity index (χ1v) is 8.03. The zero-order chi connectivity index (χ0) is 16.1. The van der Waals surface area contributed by atoms with E-state index in [0.717, 1.165) is 25.2 Å². The minimum atomic E-state index is 0.187. The van der Waals surface area contributed by atoms with Crippen LogP contribution < -0.4 is 4.90 Å². The van der Waals surface area contributed by atoms with Gasteiger partial charge >= 0.3 is 0 Å². The van der Waals surface area contributed by atoms with Crippen molar-refractivity contribution in [3.05, 3.63) is 42.4 Å². The fraction of sp³-hybridized carbons (Fsp3) is 0.529. The highest BCUT2D eigenvalue weighted by molar-refractivity contribution is 5.42. The van der Waals surface area contributed by atoms with Crippen molar-refractivity contribution in [1.82, 2.24) is 14.8 Å². The van der Waals surface area contributed by atoms with E-state index in [4.69, 9.17) is 9.47 Å². The number of nitrogens with zero attached hydrogens (tertiary/aromatic N) is 4. The van der Waals surface area contributed by atoms with Crippen LogP contribution in [0.25, 0.3) is 0 Å². The van der Waals surface area contributed by atoms with E-state index in [9.17, 15) is 0 Å². The van der Waals surface area contributed by atoms with Crippen molar-refractivity contribution in [2.24, 2.45) is 7.05 Å². The molecule has 124 valence electrons.